The molecule has 0 heterocycles. The van der Waals surface area contributed by atoms with Crippen LogP contribution in [0.1, 0.15) is 34.6 Å². The number of alkyl halides is 1. The van der Waals surface area contributed by atoms with Gasteiger partial charge in [0.2, 0.25) is 0 Å². The number of benzene rings is 1. The maximum absolute atomic E-state index is 11.7. The minimum atomic E-state index is -0.444. The summed E-state index contributed by atoms with van der Waals surface area (Å²) in [7, 11) is 0. The summed E-state index contributed by atoms with van der Waals surface area (Å²) in [5, 5.41) is 0.256. The smallest absolute Gasteiger partial charge is 0.338 e. The second-order valence-corrected chi connectivity index (χ2v) is 5.18. The van der Waals surface area contributed by atoms with E-state index in [-0.39, 0.29) is 15.6 Å². The molecule has 1 unspecified atom stereocenters. The third-order valence-corrected chi connectivity index (χ3v) is 2.84. The van der Waals surface area contributed by atoms with E-state index >= 15 is 0 Å². The fraction of sp³-hybridized carbons (Fsp3) is 0.333. The number of ketones is 1. The van der Waals surface area contributed by atoms with Crippen LogP contribution in [0.4, 0.5) is 0 Å². The molecular weight excluding hydrogens is 307 g/mol. The summed E-state index contributed by atoms with van der Waals surface area (Å²) < 4.78 is 4.84. The highest BCUT2D eigenvalue weighted by Crippen LogP contribution is 2.21. The first-order valence-electron chi connectivity index (χ1n) is 5.12. The van der Waals surface area contributed by atoms with Crippen LogP contribution in [0.15, 0.2) is 18.2 Å². The molecule has 92 valence electrons. The highest BCUT2D eigenvalue weighted by atomic mass is 79.9. The van der Waals surface area contributed by atoms with E-state index in [2.05, 4.69) is 15.9 Å². The number of hydrogen-bond donors (Lipinski definition) is 0. The molecule has 0 saturated heterocycles. The third-order valence-electron chi connectivity index (χ3n) is 2.11. The average molecular weight is 320 g/mol. The molecule has 0 amide bonds. The van der Waals surface area contributed by atoms with E-state index in [9.17, 15) is 9.59 Å². The standard InChI is InChI=1S/C12H12BrClO3/c1-3-17-12(16)8-4-5-9(10(14)6-8)11(15)7(2)13/h4-7H,3H2,1-2H3. The van der Waals surface area contributed by atoms with Gasteiger partial charge in [-0.15, -0.1) is 0 Å². The van der Waals surface area contributed by atoms with Crippen molar-refractivity contribution in [1.82, 2.24) is 0 Å². The molecule has 1 aromatic carbocycles. The van der Waals surface area contributed by atoms with Crippen LogP contribution in [0.3, 0.4) is 0 Å². The Bertz CT molecular complexity index is 443. The molecule has 0 radical (unpaired) electrons. The molecule has 3 nitrogen and oxygen atoms in total. The normalized spacial score (nSPS) is 12.0. The lowest BCUT2D eigenvalue weighted by molar-refractivity contribution is 0.0526. The quantitative estimate of drug-likeness (QED) is 0.485. The Hall–Kier alpha value is -0.870. The van der Waals surface area contributed by atoms with Crippen LogP contribution >= 0.6 is 27.5 Å². The van der Waals surface area contributed by atoms with Gasteiger partial charge in [0, 0.05) is 5.56 Å². The van der Waals surface area contributed by atoms with Gasteiger partial charge < -0.3 is 4.74 Å². The van der Waals surface area contributed by atoms with E-state index < -0.39 is 5.97 Å². The molecule has 0 saturated carbocycles. The lowest BCUT2D eigenvalue weighted by Crippen LogP contribution is -2.11. The zero-order chi connectivity index (χ0) is 13.0. The number of halogens is 2. The van der Waals surface area contributed by atoms with E-state index in [1.165, 1.54) is 18.2 Å². The summed E-state index contributed by atoms with van der Waals surface area (Å²) in [6, 6.07) is 4.52. The second-order valence-electron chi connectivity index (χ2n) is 3.40. The van der Waals surface area contributed by atoms with Crippen LogP contribution in [-0.2, 0) is 4.74 Å². The van der Waals surface area contributed by atoms with E-state index in [1.807, 2.05) is 0 Å². The summed E-state index contributed by atoms with van der Waals surface area (Å²) in [4.78, 5) is 22.8. The Kier molecular flexibility index (Phi) is 5.15. The number of carbonyl (C=O) groups excluding carboxylic acids is 2. The van der Waals surface area contributed by atoms with Gasteiger partial charge in [-0.05, 0) is 32.0 Å². The molecule has 0 bridgehead atoms. The molecule has 1 rings (SSSR count). The van der Waals surface area contributed by atoms with Gasteiger partial charge in [-0.25, -0.2) is 4.79 Å². The van der Waals surface area contributed by atoms with Crippen LogP contribution in [0.25, 0.3) is 0 Å². The van der Waals surface area contributed by atoms with Crippen LogP contribution < -0.4 is 0 Å². The average Bonchev–Trinajstić information content (AvgIpc) is 2.28. The third kappa shape index (κ3) is 3.54. The maximum Gasteiger partial charge on any atom is 0.338 e. The van der Waals surface area contributed by atoms with Crippen LogP contribution in [-0.4, -0.2) is 23.2 Å². The highest BCUT2D eigenvalue weighted by molar-refractivity contribution is 9.10. The monoisotopic (exact) mass is 318 g/mol. The summed E-state index contributed by atoms with van der Waals surface area (Å²) in [6.07, 6.45) is 0. The first-order chi connectivity index (χ1) is 7.97. The topological polar surface area (TPSA) is 43.4 Å². The molecule has 0 aliphatic carbocycles. The Morgan fingerprint density at radius 1 is 1.47 bits per heavy atom. The van der Waals surface area contributed by atoms with Crippen molar-refractivity contribution in [2.75, 3.05) is 6.61 Å². The minimum absolute atomic E-state index is 0.120. The highest BCUT2D eigenvalue weighted by Gasteiger charge is 2.17. The van der Waals surface area contributed by atoms with Gasteiger partial charge in [0.15, 0.2) is 5.78 Å². The van der Waals surface area contributed by atoms with Gasteiger partial charge in [-0.2, -0.15) is 0 Å². The van der Waals surface area contributed by atoms with E-state index in [0.717, 1.165) is 0 Å². The molecule has 0 N–H and O–H groups in total. The van der Waals surface area contributed by atoms with Crippen molar-refractivity contribution < 1.29 is 14.3 Å². The number of esters is 1. The Morgan fingerprint density at radius 3 is 2.59 bits per heavy atom. The van der Waals surface area contributed by atoms with Crippen LogP contribution in [0, 0.1) is 0 Å². The summed E-state index contributed by atoms with van der Waals surface area (Å²) in [5.74, 6) is -0.564. The Morgan fingerprint density at radius 2 is 2.12 bits per heavy atom. The van der Waals surface area contributed by atoms with Gasteiger partial charge >= 0.3 is 5.97 Å². The first-order valence-corrected chi connectivity index (χ1v) is 6.41. The largest absolute Gasteiger partial charge is 0.462 e. The number of ether oxygens (including phenoxy) is 1. The molecule has 17 heavy (non-hydrogen) atoms. The molecule has 0 aliphatic rings. The molecule has 5 heteroatoms. The van der Waals surface area contributed by atoms with E-state index in [0.29, 0.717) is 17.7 Å². The zero-order valence-electron chi connectivity index (χ0n) is 9.50. The fourth-order valence-corrected chi connectivity index (χ4v) is 1.79. The van der Waals surface area contributed by atoms with Crippen molar-refractivity contribution in [2.24, 2.45) is 0 Å². The van der Waals surface area contributed by atoms with E-state index in [1.54, 1.807) is 13.8 Å². The van der Waals surface area contributed by atoms with Crippen molar-refractivity contribution >= 4 is 39.3 Å². The van der Waals surface area contributed by atoms with Gasteiger partial charge in [0.1, 0.15) is 0 Å². The first kappa shape index (κ1) is 14.2. The van der Waals surface area contributed by atoms with Gasteiger partial charge in [0.05, 0.1) is 22.0 Å². The van der Waals surface area contributed by atoms with Crippen molar-refractivity contribution in [1.29, 1.82) is 0 Å². The van der Waals surface area contributed by atoms with Crippen molar-refractivity contribution in [3.63, 3.8) is 0 Å². The molecule has 1 aromatic rings. The molecular formula is C12H12BrClO3. The number of hydrogen-bond acceptors (Lipinski definition) is 3. The predicted octanol–water partition coefficient (Wildman–Crippen LogP) is 3.48. The van der Waals surface area contributed by atoms with Crippen molar-refractivity contribution in [2.45, 2.75) is 18.7 Å². The Labute approximate surface area is 113 Å². The molecule has 1 atom stereocenters. The lowest BCUT2D eigenvalue weighted by atomic mass is 10.1. The Balaban J connectivity index is 3.02. The predicted molar refractivity (Wildman–Crippen MR) is 70.1 cm³/mol. The number of carbonyl (C=O) groups is 2. The fourth-order valence-electron chi connectivity index (χ4n) is 1.27. The number of rotatable bonds is 4. The molecule has 0 aromatic heterocycles. The van der Waals surface area contributed by atoms with Gasteiger partial charge in [-0.1, -0.05) is 27.5 Å². The minimum Gasteiger partial charge on any atom is -0.462 e. The van der Waals surface area contributed by atoms with Crippen LogP contribution in [0.5, 0.6) is 0 Å². The molecule has 0 spiro atoms. The van der Waals surface area contributed by atoms with Crippen LogP contribution in [0.2, 0.25) is 5.02 Å². The molecule has 0 fully saturated rings. The second kappa shape index (κ2) is 6.17. The number of Topliss-reactive ketones (excluding diaryl/α,β-unsaturated/α-hetero) is 1. The van der Waals surface area contributed by atoms with Crippen molar-refractivity contribution in [3.8, 4) is 0 Å². The molecule has 0 aliphatic heterocycles. The summed E-state index contributed by atoms with van der Waals surface area (Å²) in [5.41, 5.74) is 0.736. The van der Waals surface area contributed by atoms with Gasteiger partial charge in [0.25, 0.3) is 0 Å². The zero-order valence-corrected chi connectivity index (χ0v) is 11.8. The van der Waals surface area contributed by atoms with Gasteiger partial charge in [-0.3, -0.25) is 4.79 Å². The maximum atomic E-state index is 11.7. The SMILES string of the molecule is CCOC(=O)c1ccc(C(=O)C(C)Br)c(Cl)c1. The van der Waals surface area contributed by atoms with Crippen molar-refractivity contribution in [3.05, 3.63) is 34.3 Å². The van der Waals surface area contributed by atoms with E-state index in [4.69, 9.17) is 16.3 Å². The summed E-state index contributed by atoms with van der Waals surface area (Å²) >= 11 is 9.15. The summed E-state index contributed by atoms with van der Waals surface area (Å²) in [6.45, 7) is 3.75. The lowest BCUT2D eigenvalue weighted by Gasteiger charge is -2.07.